The Balaban J connectivity index is -0.000000180. The number of nitrogens with zero attached hydrogens (tertiary/aromatic N) is 1. The van der Waals surface area contributed by atoms with Crippen LogP contribution in [0.25, 0.3) is 0 Å². The topological polar surface area (TPSA) is 55.1 Å². The van der Waals surface area contributed by atoms with Crippen molar-refractivity contribution in [3.8, 4) is 0 Å². The van der Waals surface area contributed by atoms with Crippen molar-refractivity contribution >= 4 is 18.3 Å². The van der Waals surface area contributed by atoms with Crippen LogP contribution in [0.15, 0.2) is 12.2 Å². The largest absolute Gasteiger partial charge is 0.331 e. The second-order valence-corrected chi connectivity index (χ2v) is 4.27. The average Bonchev–Trinajstić information content (AvgIpc) is 2.01. The zero-order valence-corrected chi connectivity index (χ0v) is 11.3. The summed E-state index contributed by atoms with van der Waals surface area (Å²) in [4.78, 5) is 10.2. The van der Waals surface area contributed by atoms with Gasteiger partial charge in [-0.2, -0.15) is 0 Å². The molecule has 0 aliphatic carbocycles. The van der Waals surface area contributed by atoms with Gasteiger partial charge in [0.25, 0.3) is 5.91 Å². The molecule has 0 bridgehead atoms. The van der Waals surface area contributed by atoms with Crippen molar-refractivity contribution in [2.45, 2.75) is 20.3 Å². The predicted octanol–water partition coefficient (Wildman–Crippen LogP) is 1.08. The maximum atomic E-state index is 10.2. The first kappa shape index (κ1) is 19.9. The third kappa shape index (κ3) is 19.7. The first-order valence-corrected chi connectivity index (χ1v) is 4.71. The molecule has 0 aromatic heterocycles. The quantitative estimate of drug-likeness (QED) is 0.254. The molecule has 0 aromatic rings. The molecule has 0 aliphatic heterocycles. The zero-order valence-electron chi connectivity index (χ0n) is 10.5. The van der Waals surface area contributed by atoms with E-state index >= 15 is 0 Å². The van der Waals surface area contributed by atoms with Gasteiger partial charge in [0, 0.05) is 5.57 Å². The molecule has 92 valence electrons. The molecule has 4 nitrogen and oxygen atoms in total. The van der Waals surface area contributed by atoms with Gasteiger partial charge in [0.05, 0.1) is 27.7 Å². The monoisotopic (exact) mass is 238 g/mol. The highest BCUT2D eigenvalue weighted by Crippen LogP contribution is 1.90. The van der Waals surface area contributed by atoms with Crippen molar-refractivity contribution in [2.75, 3.05) is 27.7 Å². The molecule has 0 unspecified atom stereocenters. The summed E-state index contributed by atoms with van der Waals surface area (Å²) in [5.74, 6) is 4.39. The molecule has 0 heterocycles. The van der Waals surface area contributed by atoms with E-state index in [-0.39, 0.29) is 18.3 Å². The number of carbonyl (C=O) groups excluding carboxylic acids is 1. The SMILES string of the molecule is C=C(C)C(=O)NN.CCC[N+](C)(C)C.Cl. The number of halogens is 1. The summed E-state index contributed by atoms with van der Waals surface area (Å²) < 4.78 is 1.09. The van der Waals surface area contributed by atoms with Gasteiger partial charge in [0.1, 0.15) is 0 Å². The van der Waals surface area contributed by atoms with Crippen LogP contribution in [0.2, 0.25) is 0 Å². The Labute approximate surface area is 99.5 Å². The first-order chi connectivity index (χ1) is 6.24. The van der Waals surface area contributed by atoms with Crippen molar-refractivity contribution in [3.05, 3.63) is 12.2 Å². The summed E-state index contributed by atoms with van der Waals surface area (Å²) in [6.45, 7) is 8.41. The molecule has 3 N–H and O–H groups in total. The number of amides is 1. The van der Waals surface area contributed by atoms with Crippen LogP contribution in [0.3, 0.4) is 0 Å². The molecular formula is C10H25ClN3O+. The average molecular weight is 239 g/mol. The van der Waals surface area contributed by atoms with Crippen molar-refractivity contribution in [2.24, 2.45) is 5.84 Å². The van der Waals surface area contributed by atoms with E-state index in [1.807, 2.05) is 5.43 Å². The maximum Gasteiger partial charge on any atom is 0.260 e. The molecule has 0 saturated heterocycles. The molecular weight excluding hydrogens is 214 g/mol. The number of nitrogens with two attached hydrogens (primary N) is 1. The molecule has 0 saturated carbocycles. The van der Waals surface area contributed by atoms with Crippen LogP contribution < -0.4 is 11.3 Å². The fourth-order valence-corrected chi connectivity index (χ4v) is 0.794. The highest BCUT2D eigenvalue weighted by atomic mass is 35.5. The van der Waals surface area contributed by atoms with Crippen molar-refractivity contribution in [3.63, 3.8) is 0 Å². The normalized spacial score (nSPS) is 9.20. The van der Waals surface area contributed by atoms with Gasteiger partial charge in [0.15, 0.2) is 0 Å². The number of nitrogens with one attached hydrogen (secondary N) is 1. The van der Waals surface area contributed by atoms with E-state index in [0.717, 1.165) is 4.48 Å². The minimum atomic E-state index is -0.319. The summed E-state index contributed by atoms with van der Waals surface area (Å²) in [6.07, 6.45) is 1.28. The summed E-state index contributed by atoms with van der Waals surface area (Å²) in [5.41, 5.74) is 2.34. The lowest BCUT2D eigenvalue weighted by molar-refractivity contribution is -0.870. The number of quaternary nitrogens is 1. The number of hydrazine groups is 1. The molecule has 15 heavy (non-hydrogen) atoms. The van der Waals surface area contributed by atoms with E-state index in [9.17, 15) is 4.79 Å². The Hall–Kier alpha value is -0.580. The summed E-state index contributed by atoms with van der Waals surface area (Å²) in [7, 11) is 6.64. The highest BCUT2D eigenvalue weighted by Gasteiger charge is 2.01. The van der Waals surface area contributed by atoms with Crippen LogP contribution in [-0.2, 0) is 4.79 Å². The van der Waals surface area contributed by atoms with Crippen LogP contribution in [0.4, 0.5) is 0 Å². The van der Waals surface area contributed by atoms with Crippen molar-refractivity contribution in [1.29, 1.82) is 0 Å². The van der Waals surface area contributed by atoms with Crippen LogP contribution in [0, 0.1) is 0 Å². The fourth-order valence-electron chi connectivity index (χ4n) is 0.794. The highest BCUT2D eigenvalue weighted by molar-refractivity contribution is 5.91. The van der Waals surface area contributed by atoms with Gasteiger partial charge in [-0.1, -0.05) is 13.5 Å². The lowest BCUT2D eigenvalue weighted by Crippen LogP contribution is -2.34. The van der Waals surface area contributed by atoms with Gasteiger partial charge in [-0.3, -0.25) is 10.2 Å². The number of rotatable bonds is 3. The van der Waals surface area contributed by atoms with E-state index in [4.69, 9.17) is 5.84 Å². The molecule has 5 heteroatoms. The second-order valence-electron chi connectivity index (χ2n) is 4.27. The molecule has 0 spiro atoms. The van der Waals surface area contributed by atoms with Gasteiger partial charge in [-0.05, 0) is 13.3 Å². The number of hydrogen-bond acceptors (Lipinski definition) is 2. The van der Waals surface area contributed by atoms with Gasteiger partial charge in [-0.15, -0.1) is 12.4 Å². The zero-order chi connectivity index (χ0) is 11.8. The Bertz CT molecular complexity index is 188. The maximum absolute atomic E-state index is 10.2. The Morgan fingerprint density at radius 3 is 1.80 bits per heavy atom. The van der Waals surface area contributed by atoms with Crippen molar-refractivity contribution < 1.29 is 9.28 Å². The predicted molar refractivity (Wildman–Crippen MR) is 67.6 cm³/mol. The van der Waals surface area contributed by atoms with E-state index in [1.54, 1.807) is 6.92 Å². The Kier molecular flexibility index (Phi) is 13.2. The smallest absolute Gasteiger partial charge is 0.260 e. The van der Waals surface area contributed by atoms with E-state index in [0.29, 0.717) is 5.57 Å². The minimum Gasteiger partial charge on any atom is -0.331 e. The number of carbonyl (C=O) groups is 1. The third-order valence-corrected chi connectivity index (χ3v) is 1.41. The second kappa shape index (κ2) is 9.96. The van der Waals surface area contributed by atoms with Crippen LogP contribution >= 0.6 is 12.4 Å². The van der Waals surface area contributed by atoms with Crippen molar-refractivity contribution in [1.82, 2.24) is 5.43 Å². The van der Waals surface area contributed by atoms with Gasteiger partial charge < -0.3 is 4.48 Å². The summed E-state index contributed by atoms with van der Waals surface area (Å²) in [5, 5.41) is 0. The minimum absolute atomic E-state index is 0. The van der Waals surface area contributed by atoms with Crippen LogP contribution in [0.1, 0.15) is 20.3 Å². The first-order valence-electron chi connectivity index (χ1n) is 4.71. The molecule has 0 fully saturated rings. The Morgan fingerprint density at radius 1 is 1.40 bits per heavy atom. The van der Waals surface area contributed by atoms with Gasteiger partial charge in [-0.25, -0.2) is 5.84 Å². The third-order valence-electron chi connectivity index (χ3n) is 1.41. The lowest BCUT2D eigenvalue weighted by atomic mass is 10.3. The molecule has 0 rings (SSSR count). The van der Waals surface area contributed by atoms with E-state index in [1.165, 1.54) is 13.0 Å². The summed E-state index contributed by atoms with van der Waals surface area (Å²) >= 11 is 0. The van der Waals surface area contributed by atoms with E-state index in [2.05, 4.69) is 34.6 Å². The van der Waals surface area contributed by atoms with E-state index < -0.39 is 0 Å². The molecule has 0 aliphatic rings. The van der Waals surface area contributed by atoms with Crippen LogP contribution in [0.5, 0.6) is 0 Å². The lowest BCUT2D eigenvalue weighted by Gasteiger charge is -2.22. The standard InChI is InChI=1S/C6H16N.C4H8N2O.ClH/c1-5-6-7(2,3)4;1-3(2)4(7)6-5;/h5-6H2,1-4H3;1,5H2,2H3,(H,6,7);1H/q+1;;. The fraction of sp³-hybridized carbons (Fsp3) is 0.700. The molecule has 0 aromatic carbocycles. The summed E-state index contributed by atoms with van der Waals surface area (Å²) in [6, 6.07) is 0. The molecule has 1 amide bonds. The molecule has 0 atom stereocenters. The van der Waals surface area contributed by atoms with Crippen LogP contribution in [-0.4, -0.2) is 38.1 Å². The Morgan fingerprint density at radius 2 is 1.80 bits per heavy atom. The van der Waals surface area contributed by atoms with Gasteiger partial charge >= 0.3 is 0 Å². The number of hydrogen-bond donors (Lipinski definition) is 2. The van der Waals surface area contributed by atoms with Gasteiger partial charge in [0.2, 0.25) is 0 Å². The molecule has 0 radical (unpaired) electrons.